The van der Waals surface area contributed by atoms with Gasteiger partial charge in [0.1, 0.15) is 10.0 Å². The van der Waals surface area contributed by atoms with Crippen LogP contribution in [0, 0.1) is 6.92 Å². The van der Waals surface area contributed by atoms with Crippen LogP contribution in [-0.4, -0.2) is 8.42 Å². The third-order valence-corrected chi connectivity index (χ3v) is 7.44. The fourth-order valence-electron chi connectivity index (χ4n) is 3.99. The van der Waals surface area contributed by atoms with Crippen molar-refractivity contribution in [3.05, 3.63) is 173 Å². The summed E-state index contributed by atoms with van der Waals surface area (Å²) in [5.74, 6) is 0. The van der Waals surface area contributed by atoms with Crippen LogP contribution in [-0.2, 0) is 29.8 Å². The van der Waals surface area contributed by atoms with Crippen LogP contribution in [0.1, 0.15) is 28.8 Å². The first kappa shape index (κ1) is 30.2. The maximum Gasteiger partial charge on any atom is 2.00 e. The van der Waals surface area contributed by atoms with Gasteiger partial charge in [0.05, 0.1) is 0 Å². The topological polar surface area (TPSA) is 72.0 Å². The first-order valence-electron chi connectivity index (χ1n) is 12.4. The Labute approximate surface area is 245 Å². The van der Waals surface area contributed by atoms with Gasteiger partial charge >= 0.3 is 19.8 Å². The number of hydrogen-bond acceptors (Lipinski definition) is 2. The molecule has 0 saturated heterocycles. The van der Waals surface area contributed by atoms with E-state index in [9.17, 15) is 8.42 Å². The SMILES string of the molecule is Cc1ccc(S(=O)(=O)[N-][C@@H](c2ccccc2)[C@@H]([NH-])c2ccccc2)cc1.[Os+2].c1ccc(-c2ccccc2)cc1. The predicted octanol–water partition coefficient (Wildman–Crippen LogP) is 8.94. The number of aryl methyl sites for hydroxylation is 1. The van der Waals surface area contributed by atoms with E-state index in [1.54, 1.807) is 24.3 Å². The van der Waals surface area contributed by atoms with E-state index in [0.717, 1.165) is 11.1 Å². The summed E-state index contributed by atoms with van der Waals surface area (Å²) in [5, 5.41) is 0. The number of benzene rings is 5. The molecule has 6 heteroatoms. The van der Waals surface area contributed by atoms with E-state index >= 15 is 0 Å². The molecule has 0 radical (unpaired) electrons. The van der Waals surface area contributed by atoms with E-state index in [0.29, 0.717) is 5.56 Å². The molecule has 0 spiro atoms. The fraction of sp³-hybridized carbons (Fsp3) is 0.0909. The first-order chi connectivity index (χ1) is 18.4. The van der Waals surface area contributed by atoms with E-state index < -0.39 is 22.1 Å². The minimum atomic E-state index is -3.87. The Morgan fingerprint density at radius 3 is 1.38 bits per heavy atom. The first-order valence-corrected chi connectivity index (χ1v) is 13.8. The molecule has 0 aliphatic rings. The molecule has 5 rings (SSSR count). The molecule has 39 heavy (non-hydrogen) atoms. The van der Waals surface area contributed by atoms with Gasteiger partial charge in [-0.15, -0.1) is 12.1 Å². The van der Waals surface area contributed by atoms with Crippen molar-refractivity contribution in [3.8, 4) is 11.1 Å². The maximum absolute atomic E-state index is 12.8. The second-order valence-corrected chi connectivity index (χ2v) is 10.5. The molecule has 5 aromatic carbocycles. The molecule has 2 atom stereocenters. The fourth-order valence-corrected chi connectivity index (χ4v) is 5.13. The van der Waals surface area contributed by atoms with Crippen molar-refractivity contribution in [1.82, 2.24) is 0 Å². The molecule has 198 valence electrons. The quantitative estimate of drug-likeness (QED) is 0.169. The maximum atomic E-state index is 12.8. The molecular formula is C33H30N2O2OsS. The van der Waals surface area contributed by atoms with Gasteiger partial charge < -0.3 is 10.5 Å². The summed E-state index contributed by atoms with van der Waals surface area (Å²) >= 11 is 0. The second kappa shape index (κ2) is 14.7. The molecular weight excluding hydrogens is 679 g/mol. The summed E-state index contributed by atoms with van der Waals surface area (Å²) in [7, 11) is -3.87. The van der Waals surface area contributed by atoms with Gasteiger partial charge in [0.2, 0.25) is 0 Å². The zero-order valence-electron chi connectivity index (χ0n) is 21.5. The normalized spacial score (nSPS) is 12.3. The molecule has 0 amide bonds. The van der Waals surface area contributed by atoms with Gasteiger partial charge in [0, 0.05) is 4.90 Å². The summed E-state index contributed by atoms with van der Waals surface area (Å²) in [6.45, 7) is 1.90. The van der Waals surface area contributed by atoms with Crippen molar-refractivity contribution in [2.75, 3.05) is 0 Å². The molecule has 1 N–H and O–H groups in total. The molecule has 0 unspecified atom stereocenters. The number of hydrogen-bond donors (Lipinski definition) is 0. The van der Waals surface area contributed by atoms with Crippen molar-refractivity contribution in [2.24, 2.45) is 0 Å². The van der Waals surface area contributed by atoms with Crippen LogP contribution in [0.4, 0.5) is 0 Å². The zero-order valence-corrected chi connectivity index (χ0v) is 24.9. The Kier molecular flexibility index (Phi) is 11.3. The summed E-state index contributed by atoms with van der Waals surface area (Å²) in [6, 6.07) is 44.1. The number of sulfonamides is 1. The van der Waals surface area contributed by atoms with Crippen LogP contribution >= 0.6 is 0 Å². The van der Waals surface area contributed by atoms with Crippen LogP contribution in [0.15, 0.2) is 150 Å². The largest absolute Gasteiger partial charge is 2.00 e. The van der Waals surface area contributed by atoms with Crippen molar-refractivity contribution in [1.29, 1.82) is 0 Å². The molecule has 4 nitrogen and oxygen atoms in total. The van der Waals surface area contributed by atoms with E-state index in [1.807, 2.05) is 79.7 Å². The minimum absolute atomic E-state index is 0. The Hall–Kier alpha value is -3.39. The molecule has 0 bridgehead atoms. The standard InChI is InChI=1S/C21H20N2O2S.C12H10.Os/c1-16-12-14-19(15-13-16)26(24,25)23-21(18-10-6-3-7-11-18)20(22)17-8-4-2-5-9-17;1-3-7-11(8-4-1)12-9-5-2-6-10-12;/h2-15,20-22H,1H3;1-10H;/q-2;;+2/t20-,21-;;/m0../s1. The molecule has 0 aromatic heterocycles. The molecule has 0 saturated carbocycles. The number of nitrogens with zero attached hydrogens (tertiary/aromatic N) is 1. The third-order valence-electron chi connectivity index (χ3n) is 6.07. The molecule has 0 aliphatic heterocycles. The van der Waals surface area contributed by atoms with Crippen LogP contribution in [0.5, 0.6) is 0 Å². The summed E-state index contributed by atoms with van der Waals surface area (Å²) in [5.41, 5.74) is 13.6. The predicted molar refractivity (Wildman–Crippen MR) is 156 cm³/mol. The number of rotatable bonds is 7. The van der Waals surface area contributed by atoms with E-state index in [4.69, 9.17) is 5.73 Å². The smallest absolute Gasteiger partial charge is 0.672 e. The average molecular weight is 709 g/mol. The van der Waals surface area contributed by atoms with Gasteiger partial charge in [0.15, 0.2) is 0 Å². The molecule has 5 aromatic rings. The van der Waals surface area contributed by atoms with E-state index in [2.05, 4.69) is 53.3 Å². The van der Waals surface area contributed by atoms with Crippen LogP contribution in [0.2, 0.25) is 0 Å². The van der Waals surface area contributed by atoms with Crippen LogP contribution in [0.25, 0.3) is 21.6 Å². The Morgan fingerprint density at radius 1 is 0.564 bits per heavy atom. The zero-order chi connectivity index (χ0) is 26.8. The van der Waals surface area contributed by atoms with E-state index in [1.165, 1.54) is 11.1 Å². The van der Waals surface area contributed by atoms with Crippen molar-refractivity contribution in [3.63, 3.8) is 0 Å². The monoisotopic (exact) mass is 710 g/mol. The van der Waals surface area contributed by atoms with Gasteiger partial charge in [-0.3, -0.25) is 0 Å². The van der Waals surface area contributed by atoms with Gasteiger partial charge in [-0.1, -0.05) is 150 Å². The van der Waals surface area contributed by atoms with Crippen molar-refractivity contribution < 1.29 is 28.2 Å². The van der Waals surface area contributed by atoms with Crippen LogP contribution in [0.3, 0.4) is 0 Å². The van der Waals surface area contributed by atoms with Crippen molar-refractivity contribution >= 4 is 10.0 Å². The average Bonchev–Trinajstić information content (AvgIpc) is 2.98. The second-order valence-electron chi connectivity index (χ2n) is 8.87. The van der Waals surface area contributed by atoms with Gasteiger partial charge in [-0.05, 0) is 30.2 Å². The Morgan fingerprint density at radius 2 is 0.949 bits per heavy atom. The summed E-state index contributed by atoms with van der Waals surface area (Å²) in [6.07, 6.45) is 0. The van der Waals surface area contributed by atoms with Gasteiger partial charge in [-0.25, -0.2) is 8.42 Å². The molecule has 0 aliphatic carbocycles. The number of nitrogens with one attached hydrogen (secondary N) is 1. The van der Waals surface area contributed by atoms with E-state index in [-0.39, 0.29) is 24.7 Å². The Bertz CT molecular complexity index is 1460. The van der Waals surface area contributed by atoms with Gasteiger partial charge in [0.25, 0.3) is 0 Å². The molecule has 0 heterocycles. The van der Waals surface area contributed by atoms with Gasteiger partial charge in [-0.2, -0.15) is 0 Å². The summed E-state index contributed by atoms with van der Waals surface area (Å²) < 4.78 is 29.8. The molecule has 0 fully saturated rings. The van der Waals surface area contributed by atoms with Crippen LogP contribution < -0.4 is 0 Å². The third kappa shape index (κ3) is 8.55. The summed E-state index contributed by atoms with van der Waals surface area (Å²) in [4.78, 5) is 0.143. The minimum Gasteiger partial charge on any atom is -0.672 e. The Balaban J connectivity index is 0.000000270. The van der Waals surface area contributed by atoms with Crippen molar-refractivity contribution in [2.45, 2.75) is 23.9 Å².